The molecule has 1 aliphatic carbocycles. The highest BCUT2D eigenvalue weighted by molar-refractivity contribution is 5.54. The Kier molecular flexibility index (Phi) is 2.17. The van der Waals surface area contributed by atoms with Crippen molar-refractivity contribution in [1.82, 2.24) is 19.6 Å². The predicted molar refractivity (Wildman–Crippen MR) is 64.4 cm³/mol. The molecule has 1 aliphatic rings. The topological polar surface area (TPSA) is 75.1 Å². The zero-order chi connectivity index (χ0) is 12.0. The number of rotatable bonds is 3. The summed E-state index contributed by atoms with van der Waals surface area (Å²) in [6.07, 6.45) is 3.10. The lowest BCUT2D eigenvalue weighted by atomic mass is 10.2. The van der Waals surface area contributed by atoms with Crippen molar-refractivity contribution in [3.8, 4) is 0 Å². The lowest BCUT2D eigenvalue weighted by Crippen LogP contribution is -2.18. The van der Waals surface area contributed by atoms with E-state index < -0.39 is 0 Å². The minimum atomic E-state index is -0.231. The fraction of sp³-hybridized carbons (Fsp3) is 0.545. The molecule has 3 rings (SSSR count). The van der Waals surface area contributed by atoms with Crippen LogP contribution in [0.4, 0.5) is 5.95 Å². The van der Waals surface area contributed by atoms with E-state index in [1.807, 2.05) is 13.8 Å². The van der Waals surface area contributed by atoms with Gasteiger partial charge in [0.2, 0.25) is 5.95 Å². The maximum atomic E-state index is 11.7. The van der Waals surface area contributed by atoms with E-state index in [4.69, 9.17) is 0 Å². The number of H-pyrrole nitrogens is 1. The van der Waals surface area contributed by atoms with E-state index in [0.717, 1.165) is 30.5 Å². The Morgan fingerprint density at radius 2 is 2.29 bits per heavy atom. The highest BCUT2D eigenvalue weighted by Crippen LogP contribution is 2.24. The van der Waals surface area contributed by atoms with Gasteiger partial charge < -0.3 is 5.32 Å². The van der Waals surface area contributed by atoms with Crippen LogP contribution in [0.3, 0.4) is 0 Å². The van der Waals surface area contributed by atoms with Gasteiger partial charge in [-0.25, -0.2) is 19.3 Å². The van der Waals surface area contributed by atoms with Crippen LogP contribution in [0.25, 0.3) is 5.65 Å². The Balaban J connectivity index is 2.26. The van der Waals surface area contributed by atoms with Gasteiger partial charge in [-0.05, 0) is 26.2 Å². The second-order valence-corrected chi connectivity index (χ2v) is 4.46. The molecule has 90 valence electrons. The first-order chi connectivity index (χ1) is 8.20. The fourth-order valence-corrected chi connectivity index (χ4v) is 2.06. The van der Waals surface area contributed by atoms with Crippen molar-refractivity contribution in [1.29, 1.82) is 0 Å². The van der Waals surface area contributed by atoms with E-state index in [2.05, 4.69) is 20.5 Å². The van der Waals surface area contributed by atoms with Crippen molar-refractivity contribution in [2.75, 3.05) is 5.32 Å². The van der Waals surface area contributed by atoms with Crippen LogP contribution in [0, 0.1) is 6.92 Å². The lowest BCUT2D eigenvalue weighted by molar-refractivity contribution is 0.932. The smallest absolute Gasteiger partial charge is 0.350 e. The summed E-state index contributed by atoms with van der Waals surface area (Å²) in [5, 5.41) is 9.84. The molecule has 0 bridgehead atoms. The van der Waals surface area contributed by atoms with Crippen molar-refractivity contribution in [2.45, 2.75) is 39.2 Å². The Hall–Kier alpha value is -1.85. The summed E-state index contributed by atoms with van der Waals surface area (Å²) in [6, 6.07) is 0.458. The lowest BCUT2D eigenvalue weighted by Gasteiger charge is -2.10. The average molecular weight is 233 g/mol. The summed E-state index contributed by atoms with van der Waals surface area (Å²) >= 11 is 0. The predicted octanol–water partition coefficient (Wildman–Crippen LogP) is 0.863. The van der Waals surface area contributed by atoms with Gasteiger partial charge in [-0.1, -0.05) is 6.92 Å². The van der Waals surface area contributed by atoms with Crippen LogP contribution in [0.15, 0.2) is 4.79 Å². The quantitative estimate of drug-likeness (QED) is 0.824. The molecule has 0 radical (unpaired) electrons. The third kappa shape index (κ3) is 1.60. The molecule has 6 nitrogen and oxygen atoms in total. The first-order valence-corrected chi connectivity index (χ1v) is 5.94. The second kappa shape index (κ2) is 3.58. The average Bonchev–Trinajstić information content (AvgIpc) is 3.02. The maximum Gasteiger partial charge on any atom is 0.350 e. The molecule has 0 saturated heterocycles. The van der Waals surface area contributed by atoms with Gasteiger partial charge in [-0.15, -0.1) is 0 Å². The van der Waals surface area contributed by atoms with E-state index in [1.165, 1.54) is 4.40 Å². The maximum absolute atomic E-state index is 11.7. The Morgan fingerprint density at radius 1 is 1.53 bits per heavy atom. The molecule has 2 heterocycles. The molecule has 0 spiro atoms. The van der Waals surface area contributed by atoms with Gasteiger partial charge in [-0.3, -0.25) is 0 Å². The van der Waals surface area contributed by atoms with Crippen molar-refractivity contribution in [3.63, 3.8) is 0 Å². The van der Waals surface area contributed by atoms with Crippen LogP contribution in [0.1, 0.15) is 31.0 Å². The van der Waals surface area contributed by atoms with Crippen molar-refractivity contribution >= 4 is 11.6 Å². The van der Waals surface area contributed by atoms with Gasteiger partial charge in [0.25, 0.3) is 0 Å². The van der Waals surface area contributed by atoms with Crippen LogP contribution in [0.5, 0.6) is 0 Å². The van der Waals surface area contributed by atoms with Gasteiger partial charge in [0.05, 0.1) is 0 Å². The zero-order valence-electron chi connectivity index (χ0n) is 9.95. The number of nitrogens with zero attached hydrogens (tertiary/aromatic N) is 3. The first-order valence-electron chi connectivity index (χ1n) is 5.94. The summed E-state index contributed by atoms with van der Waals surface area (Å²) in [6.45, 7) is 3.99. The van der Waals surface area contributed by atoms with Gasteiger partial charge in [0, 0.05) is 17.3 Å². The van der Waals surface area contributed by atoms with Crippen LogP contribution in [-0.4, -0.2) is 25.6 Å². The SMILES string of the molecule is CCc1c(C)nc(NC2CC2)n2c(=O)[nH]nc12. The number of nitrogens with one attached hydrogen (secondary N) is 2. The number of fused-ring (bicyclic) bond motifs is 1. The molecule has 2 aromatic rings. The third-order valence-corrected chi connectivity index (χ3v) is 3.13. The normalized spacial score (nSPS) is 15.4. The molecule has 2 N–H and O–H groups in total. The van der Waals surface area contributed by atoms with Crippen LogP contribution < -0.4 is 11.0 Å². The highest BCUT2D eigenvalue weighted by Gasteiger charge is 2.24. The molecule has 0 aromatic carbocycles. The van der Waals surface area contributed by atoms with E-state index in [9.17, 15) is 4.79 Å². The van der Waals surface area contributed by atoms with Crippen molar-refractivity contribution in [2.24, 2.45) is 0 Å². The van der Waals surface area contributed by atoms with Gasteiger partial charge in [-0.2, -0.15) is 5.10 Å². The molecule has 1 fully saturated rings. The van der Waals surface area contributed by atoms with E-state index in [1.54, 1.807) is 0 Å². The molecular formula is C11H15N5O. The zero-order valence-corrected chi connectivity index (χ0v) is 9.95. The summed E-state index contributed by atoms with van der Waals surface area (Å²) in [4.78, 5) is 16.2. The van der Waals surface area contributed by atoms with Gasteiger partial charge in [0.1, 0.15) is 0 Å². The number of aryl methyl sites for hydroxylation is 2. The molecule has 1 saturated carbocycles. The Bertz CT molecular complexity index is 623. The van der Waals surface area contributed by atoms with E-state index >= 15 is 0 Å². The largest absolute Gasteiger partial charge is 0.352 e. The standard InChI is InChI=1S/C11H15N5O/c1-3-8-6(2)12-10(13-7-4-5-7)16-9(8)14-15-11(16)17/h7H,3-5H2,1-2H3,(H,12,13)(H,15,17). The van der Waals surface area contributed by atoms with E-state index in [0.29, 0.717) is 17.6 Å². The minimum Gasteiger partial charge on any atom is -0.352 e. The summed E-state index contributed by atoms with van der Waals surface area (Å²) in [5.74, 6) is 0.607. The van der Waals surface area contributed by atoms with Crippen LogP contribution >= 0.6 is 0 Å². The van der Waals surface area contributed by atoms with E-state index in [-0.39, 0.29) is 5.69 Å². The van der Waals surface area contributed by atoms with Crippen LogP contribution in [0.2, 0.25) is 0 Å². The summed E-state index contributed by atoms with van der Waals surface area (Å²) in [5.41, 5.74) is 2.41. The number of aromatic nitrogens is 4. The Morgan fingerprint density at radius 3 is 2.94 bits per heavy atom. The Labute approximate surface area is 98.1 Å². The summed E-state index contributed by atoms with van der Waals surface area (Å²) < 4.78 is 1.53. The third-order valence-electron chi connectivity index (χ3n) is 3.13. The van der Waals surface area contributed by atoms with Crippen molar-refractivity contribution < 1.29 is 0 Å². The fourth-order valence-electron chi connectivity index (χ4n) is 2.06. The number of hydrogen-bond donors (Lipinski definition) is 2. The molecule has 0 aliphatic heterocycles. The van der Waals surface area contributed by atoms with Gasteiger partial charge in [0.15, 0.2) is 5.65 Å². The minimum absolute atomic E-state index is 0.231. The number of aromatic amines is 1. The number of hydrogen-bond acceptors (Lipinski definition) is 4. The number of anilines is 1. The summed E-state index contributed by atoms with van der Waals surface area (Å²) in [7, 11) is 0. The first kappa shape index (κ1) is 10.3. The second-order valence-electron chi connectivity index (χ2n) is 4.46. The molecule has 17 heavy (non-hydrogen) atoms. The molecule has 0 atom stereocenters. The van der Waals surface area contributed by atoms with Crippen molar-refractivity contribution in [3.05, 3.63) is 21.7 Å². The van der Waals surface area contributed by atoms with Crippen LogP contribution in [-0.2, 0) is 6.42 Å². The molecule has 2 aromatic heterocycles. The highest BCUT2D eigenvalue weighted by atomic mass is 16.1. The molecule has 6 heteroatoms. The molecule has 0 amide bonds. The molecule has 0 unspecified atom stereocenters. The monoisotopic (exact) mass is 233 g/mol. The molecular weight excluding hydrogens is 218 g/mol. The van der Waals surface area contributed by atoms with Gasteiger partial charge >= 0.3 is 5.69 Å².